The lowest BCUT2D eigenvalue weighted by Gasteiger charge is -2.16. The SMILES string of the molecule is CCOc1cc(F)ccc1NC(=O)C(Br)C(C)C. The summed E-state index contributed by atoms with van der Waals surface area (Å²) in [5.41, 5.74) is 0.480. The van der Waals surface area contributed by atoms with Crippen molar-refractivity contribution >= 4 is 27.5 Å². The quantitative estimate of drug-likeness (QED) is 0.843. The van der Waals surface area contributed by atoms with Crippen molar-refractivity contribution in [3.05, 3.63) is 24.0 Å². The van der Waals surface area contributed by atoms with Crippen molar-refractivity contribution in [1.82, 2.24) is 0 Å². The molecule has 1 N–H and O–H groups in total. The number of halogens is 2. The standard InChI is InChI=1S/C13H17BrFNO2/c1-4-18-11-7-9(15)5-6-10(11)16-13(17)12(14)8(2)3/h5-8,12H,4H2,1-3H3,(H,16,17). The molecule has 5 heteroatoms. The summed E-state index contributed by atoms with van der Waals surface area (Å²) in [7, 11) is 0. The molecule has 0 aromatic heterocycles. The Morgan fingerprint density at radius 1 is 1.50 bits per heavy atom. The number of ether oxygens (including phenoxy) is 1. The molecule has 1 amide bonds. The van der Waals surface area contributed by atoms with Gasteiger partial charge in [0.15, 0.2) is 0 Å². The molecule has 0 aliphatic carbocycles. The maximum Gasteiger partial charge on any atom is 0.238 e. The van der Waals surface area contributed by atoms with Gasteiger partial charge in [-0.2, -0.15) is 0 Å². The summed E-state index contributed by atoms with van der Waals surface area (Å²) >= 11 is 3.32. The van der Waals surface area contributed by atoms with Crippen molar-refractivity contribution < 1.29 is 13.9 Å². The Morgan fingerprint density at radius 3 is 2.72 bits per heavy atom. The fourth-order valence-electron chi connectivity index (χ4n) is 1.38. The van der Waals surface area contributed by atoms with Gasteiger partial charge in [-0.05, 0) is 25.0 Å². The maximum atomic E-state index is 13.1. The Labute approximate surface area is 115 Å². The minimum absolute atomic E-state index is 0.168. The number of benzene rings is 1. The first-order valence-corrected chi connectivity index (χ1v) is 6.74. The van der Waals surface area contributed by atoms with E-state index in [0.29, 0.717) is 18.0 Å². The number of carbonyl (C=O) groups is 1. The molecule has 0 saturated heterocycles. The molecular weight excluding hydrogens is 301 g/mol. The van der Waals surface area contributed by atoms with Gasteiger partial charge in [0.25, 0.3) is 0 Å². The van der Waals surface area contributed by atoms with Gasteiger partial charge in [0.1, 0.15) is 11.6 Å². The Bertz CT molecular complexity index is 423. The van der Waals surface area contributed by atoms with E-state index in [4.69, 9.17) is 4.74 Å². The second-order valence-corrected chi connectivity index (χ2v) is 5.20. The normalized spacial score (nSPS) is 12.3. The highest BCUT2D eigenvalue weighted by molar-refractivity contribution is 9.10. The zero-order valence-corrected chi connectivity index (χ0v) is 12.3. The van der Waals surface area contributed by atoms with Crippen LogP contribution in [0.15, 0.2) is 18.2 Å². The summed E-state index contributed by atoms with van der Waals surface area (Å²) in [5.74, 6) is -0.0523. The average molecular weight is 318 g/mol. The smallest absolute Gasteiger partial charge is 0.238 e. The summed E-state index contributed by atoms with van der Waals surface area (Å²) in [5, 5.41) is 2.73. The van der Waals surface area contributed by atoms with Crippen LogP contribution in [0.3, 0.4) is 0 Å². The molecule has 0 bridgehead atoms. The lowest BCUT2D eigenvalue weighted by atomic mass is 10.1. The zero-order valence-electron chi connectivity index (χ0n) is 10.7. The van der Waals surface area contributed by atoms with Gasteiger partial charge in [0.2, 0.25) is 5.91 Å². The summed E-state index contributed by atoms with van der Waals surface area (Å²) in [6.45, 7) is 6.09. The first-order chi connectivity index (χ1) is 8.45. The first-order valence-electron chi connectivity index (χ1n) is 5.83. The highest BCUT2D eigenvalue weighted by atomic mass is 79.9. The highest BCUT2D eigenvalue weighted by Crippen LogP contribution is 2.26. The van der Waals surface area contributed by atoms with Crippen LogP contribution in [0.2, 0.25) is 0 Å². The van der Waals surface area contributed by atoms with E-state index in [1.165, 1.54) is 18.2 Å². The van der Waals surface area contributed by atoms with Gasteiger partial charge >= 0.3 is 0 Å². The van der Waals surface area contributed by atoms with Gasteiger partial charge in [-0.15, -0.1) is 0 Å². The van der Waals surface area contributed by atoms with Crippen LogP contribution in [-0.4, -0.2) is 17.3 Å². The Balaban J connectivity index is 2.86. The van der Waals surface area contributed by atoms with E-state index in [1.807, 2.05) is 13.8 Å². The largest absolute Gasteiger partial charge is 0.492 e. The van der Waals surface area contributed by atoms with Gasteiger partial charge in [-0.1, -0.05) is 29.8 Å². The van der Waals surface area contributed by atoms with Gasteiger partial charge in [0.05, 0.1) is 17.1 Å². The molecule has 1 rings (SSSR count). The highest BCUT2D eigenvalue weighted by Gasteiger charge is 2.20. The minimum Gasteiger partial charge on any atom is -0.492 e. The van der Waals surface area contributed by atoms with Crippen LogP contribution in [0.4, 0.5) is 10.1 Å². The molecule has 0 aliphatic rings. The number of nitrogens with one attached hydrogen (secondary N) is 1. The third-order valence-corrected chi connectivity index (χ3v) is 3.81. The number of alkyl halides is 1. The van der Waals surface area contributed by atoms with Crippen LogP contribution >= 0.6 is 15.9 Å². The van der Waals surface area contributed by atoms with Crippen molar-refractivity contribution in [1.29, 1.82) is 0 Å². The number of amides is 1. The van der Waals surface area contributed by atoms with Gasteiger partial charge < -0.3 is 10.1 Å². The number of hydrogen-bond acceptors (Lipinski definition) is 2. The molecule has 18 heavy (non-hydrogen) atoms. The molecule has 1 atom stereocenters. The molecule has 0 spiro atoms. The van der Waals surface area contributed by atoms with E-state index in [-0.39, 0.29) is 16.7 Å². The number of carbonyl (C=O) groups excluding carboxylic acids is 1. The van der Waals surface area contributed by atoms with Crippen LogP contribution < -0.4 is 10.1 Å². The van der Waals surface area contributed by atoms with E-state index in [1.54, 1.807) is 6.92 Å². The molecule has 0 fully saturated rings. The van der Waals surface area contributed by atoms with Crippen molar-refractivity contribution in [2.24, 2.45) is 5.92 Å². The molecule has 0 aliphatic heterocycles. The number of hydrogen-bond donors (Lipinski definition) is 1. The van der Waals surface area contributed by atoms with Crippen LogP contribution in [0.1, 0.15) is 20.8 Å². The van der Waals surface area contributed by atoms with Crippen molar-refractivity contribution in [2.45, 2.75) is 25.6 Å². The van der Waals surface area contributed by atoms with E-state index in [0.717, 1.165) is 0 Å². The maximum absolute atomic E-state index is 13.1. The molecule has 0 saturated carbocycles. The van der Waals surface area contributed by atoms with E-state index >= 15 is 0 Å². The monoisotopic (exact) mass is 317 g/mol. The molecule has 100 valence electrons. The summed E-state index contributed by atoms with van der Waals surface area (Å²) in [4.78, 5) is 11.6. The van der Waals surface area contributed by atoms with Crippen molar-refractivity contribution in [3.8, 4) is 5.75 Å². The molecule has 1 aromatic carbocycles. The molecule has 1 unspecified atom stereocenters. The van der Waals surface area contributed by atoms with Gasteiger partial charge in [-0.3, -0.25) is 4.79 Å². The summed E-state index contributed by atoms with van der Waals surface area (Å²) < 4.78 is 18.4. The predicted octanol–water partition coefficient (Wildman–Crippen LogP) is 3.58. The van der Waals surface area contributed by atoms with Crippen LogP contribution in [-0.2, 0) is 4.79 Å². The summed E-state index contributed by atoms with van der Waals surface area (Å²) in [6, 6.07) is 4.05. The van der Waals surface area contributed by atoms with Crippen LogP contribution in [0, 0.1) is 11.7 Å². The fourth-order valence-corrected chi connectivity index (χ4v) is 1.49. The number of rotatable bonds is 5. The Morgan fingerprint density at radius 2 is 2.17 bits per heavy atom. The fraction of sp³-hybridized carbons (Fsp3) is 0.462. The number of anilines is 1. The Kier molecular flexibility index (Phi) is 5.59. The first kappa shape index (κ1) is 15.0. The third-order valence-electron chi connectivity index (χ3n) is 2.34. The Hall–Kier alpha value is -1.10. The van der Waals surface area contributed by atoms with Crippen LogP contribution in [0.25, 0.3) is 0 Å². The van der Waals surface area contributed by atoms with Gasteiger partial charge in [-0.25, -0.2) is 4.39 Å². The molecule has 3 nitrogen and oxygen atoms in total. The topological polar surface area (TPSA) is 38.3 Å². The van der Waals surface area contributed by atoms with E-state index < -0.39 is 5.82 Å². The lowest BCUT2D eigenvalue weighted by molar-refractivity contribution is -0.116. The second kappa shape index (κ2) is 6.73. The molecule has 0 heterocycles. The average Bonchev–Trinajstić information content (AvgIpc) is 2.31. The van der Waals surface area contributed by atoms with E-state index in [2.05, 4.69) is 21.2 Å². The zero-order chi connectivity index (χ0) is 13.7. The predicted molar refractivity (Wildman–Crippen MR) is 73.8 cm³/mol. The van der Waals surface area contributed by atoms with E-state index in [9.17, 15) is 9.18 Å². The minimum atomic E-state index is -0.393. The van der Waals surface area contributed by atoms with Crippen molar-refractivity contribution in [2.75, 3.05) is 11.9 Å². The summed E-state index contributed by atoms with van der Waals surface area (Å²) in [6.07, 6.45) is 0. The van der Waals surface area contributed by atoms with Crippen molar-refractivity contribution in [3.63, 3.8) is 0 Å². The molecule has 0 radical (unpaired) electrons. The van der Waals surface area contributed by atoms with Crippen LogP contribution in [0.5, 0.6) is 5.75 Å². The second-order valence-electron chi connectivity index (χ2n) is 4.21. The molecule has 1 aromatic rings. The lowest BCUT2D eigenvalue weighted by Crippen LogP contribution is -2.27. The third kappa shape index (κ3) is 3.98. The molecular formula is C13H17BrFNO2. The van der Waals surface area contributed by atoms with Gasteiger partial charge in [0, 0.05) is 6.07 Å².